The van der Waals surface area contributed by atoms with Crippen molar-refractivity contribution in [1.29, 1.82) is 0 Å². The molecule has 2 rings (SSSR count). The van der Waals surface area contributed by atoms with E-state index in [1.165, 1.54) is 7.11 Å². The molecule has 0 radical (unpaired) electrons. The summed E-state index contributed by atoms with van der Waals surface area (Å²) in [6, 6.07) is 13.9. The van der Waals surface area contributed by atoms with Crippen molar-refractivity contribution in [1.82, 2.24) is 0 Å². The van der Waals surface area contributed by atoms with Crippen LogP contribution < -0.4 is 4.74 Å². The average molecular weight is 244 g/mol. The highest BCUT2D eigenvalue weighted by Gasteiger charge is 2.11. The molecule has 0 saturated carbocycles. The Hall–Kier alpha value is -2.03. The second-order valence-corrected chi connectivity index (χ2v) is 4.19. The number of fused-ring (bicyclic) bond motifs is 1. The van der Waals surface area contributed by atoms with Crippen LogP contribution in [0.25, 0.3) is 10.8 Å². The second-order valence-electron chi connectivity index (χ2n) is 4.19. The summed E-state index contributed by atoms with van der Waals surface area (Å²) in [4.78, 5) is 11.2. The molecule has 0 saturated heterocycles. The largest absolute Gasteiger partial charge is 0.489 e. The Balaban J connectivity index is 2.19. The number of esters is 1. The molecule has 0 spiro atoms. The molecule has 0 heterocycles. The first-order valence-corrected chi connectivity index (χ1v) is 5.92. The maximum absolute atomic E-state index is 11.2. The first-order chi connectivity index (χ1) is 8.70. The van der Waals surface area contributed by atoms with E-state index < -0.39 is 0 Å². The van der Waals surface area contributed by atoms with Crippen LogP contribution in [0.2, 0.25) is 0 Å². The molecule has 3 heteroatoms. The van der Waals surface area contributed by atoms with Crippen molar-refractivity contribution in [3.63, 3.8) is 0 Å². The van der Waals surface area contributed by atoms with Crippen molar-refractivity contribution < 1.29 is 14.3 Å². The number of ether oxygens (including phenoxy) is 2. The van der Waals surface area contributed by atoms with Gasteiger partial charge in [-0.1, -0.05) is 36.4 Å². The van der Waals surface area contributed by atoms with Crippen LogP contribution >= 0.6 is 0 Å². The average Bonchev–Trinajstić information content (AvgIpc) is 2.39. The van der Waals surface area contributed by atoms with Crippen LogP contribution in [0, 0.1) is 0 Å². The van der Waals surface area contributed by atoms with E-state index in [0.717, 1.165) is 16.5 Å². The van der Waals surface area contributed by atoms with Gasteiger partial charge in [-0.05, 0) is 18.4 Å². The van der Waals surface area contributed by atoms with E-state index in [9.17, 15) is 4.79 Å². The molecule has 0 fully saturated rings. The predicted octanol–water partition coefficient (Wildman–Crippen LogP) is 3.17. The first kappa shape index (κ1) is 12.4. The van der Waals surface area contributed by atoms with Gasteiger partial charge >= 0.3 is 5.97 Å². The van der Waals surface area contributed by atoms with E-state index in [-0.39, 0.29) is 18.5 Å². The fourth-order valence-corrected chi connectivity index (χ4v) is 1.87. The van der Waals surface area contributed by atoms with Crippen LogP contribution in [0.1, 0.15) is 13.3 Å². The fraction of sp³-hybridized carbons (Fsp3) is 0.267. The summed E-state index contributed by atoms with van der Waals surface area (Å²) < 4.78 is 10.4. The molecule has 0 aliphatic heterocycles. The summed E-state index contributed by atoms with van der Waals surface area (Å²) in [5.74, 6) is 0.534. The number of hydrogen-bond donors (Lipinski definition) is 0. The number of carbonyl (C=O) groups excluding carboxylic acids is 1. The SMILES string of the molecule is COC(=O)CC(C)Oc1cccc2ccccc12. The van der Waals surface area contributed by atoms with Gasteiger partial charge in [0.25, 0.3) is 0 Å². The Bertz CT molecular complexity index is 543. The van der Waals surface area contributed by atoms with E-state index in [2.05, 4.69) is 4.74 Å². The standard InChI is InChI=1S/C15H16O3/c1-11(10-15(16)17-2)18-14-9-5-7-12-6-3-4-8-13(12)14/h3-9,11H,10H2,1-2H3. The van der Waals surface area contributed by atoms with E-state index in [0.29, 0.717) is 0 Å². The zero-order valence-corrected chi connectivity index (χ0v) is 10.6. The molecule has 0 bridgehead atoms. The Morgan fingerprint density at radius 3 is 2.67 bits per heavy atom. The van der Waals surface area contributed by atoms with Gasteiger partial charge < -0.3 is 9.47 Å². The molecule has 0 N–H and O–H groups in total. The maximum atomic E-state index is 11.2. The molecule has 94 valence electrons. The monoisotopic (exact) mass is 244 g/mol. The third-order valence-corrected chi connectivity index (χ3v) is 2.76. The van der Waals surface area contributed by atoms with E-state index in [1.54, 1.807) is 0 Å². The lowest BCUT2D eigenvalue weighted by atomic mass is 10.1. The number of methoxy groups -OCH3 is 1. The minimum Gasteiger partial charge on any atom is -0.489 e. The number of rotatable bonds is 4. The van der Waals surface area contributed by atoms with E-state index >= 15 is 0 Å². The van der Waals surface area contributed by atoms with Crippen molar-refractivity contribution in [2.75, 3.05) is 7.11 Å². The Morgan fingerprint density at radius 2 is 1.89 bits per heavy atom. The van der Waals surface area contributed by atoms with Crippen molar-refractivity contribution in [2.24, 2.45) is 0 Å². The summed E-state index contributed by atoms with van der Waals surface area (Å²) in [5.41, 5.74) is 0. The Morgan fingerprint density at radius 1 is 1.17 bits per heavy atom. The molecule has 1 atom stereocenters. The van der Waals surface area contributed by atoms with Gasteiger partial charge in [-0.3, -0.25) is 4.79 Å². The van der Waals surface area contributed by atoms with E-state index in [4.69, 9.17) is 4.74 Å². The molecular weight excluding hydrogens is 228 g/mol. The lowest BCUT2D eigenvalue weighted by molar-refractivity contribution is -0.142. The van der Waals surface area contributed by atoms with E-state index in [1.807, 2.05) is 49.4 Å². The van der Waals surface area contributed by atoms with Gasteiger partial charge in [-0.15, -0.1) is 0 Å². The third kappa shape index (κ3) is 2.80. The summed E-state index contributed by atoms with van der Waals surface area (Å²) in [6.45, 7) is 1.86. The molecule has 2 aromatic rings. The van der Waals surface area contributed by atoms with Gasteiger partial charge in [0.05, 0.1) is 13.5 Å². The van der Waals surface area contributed by atoms with Crippen molar-refractivity contribution in [3.05, 3.63) is 42.5 Å². The lowest BCUT2D eigenvalue weighted by Crippen LogP contribution is -2.18. The number of benzene rings is 2. The molecule has 0 aromatic heterocycles. The fourth-order valence-electron chi connectivity index (χ4n) is 1.87. The van der Waals surface area contributed by atoms with Crippen LogP contribution in [0.4, 0.5) is 0 Å². The predicted molar refractivity (Wildman–Crippen MR) is 70.7 cm³/mol. The van der Waals surface area contributed by atoms with Crippen LogP contribution in [-0.2, 0) is 9.53 Å². The molecule has 0 aliphatic rings. The van der Waals surface area contributed by atoms with Crippen LogP contribution in [0.5, 0.6) is 5.75 Å². The third-order valence-electron chi connectivity index (χ3n) is 2.76. The summed E-state index contributed by atoms with van der Waals surface area (Å²) >= 11 is 0. The minimum absolute atomic E-state index is 0.205. The zero-order valence-electron chi connectivity index (χ0n) is 10.6. The molecule has 3 nitrogen and oxygen atoms in total. The zero-order chi connectivity index (χ0) is 13.0. The van der Waals surface area contributed by atoms with Gasteiger partial charge in [0, 0.05) is 5.39 Å². The van der Waals surface area contributed by atoms with Crippen LogP contribution in [0.3, 0.4) is 0 Å². The molecule has 0 aliphatic carbocycles. The van der Waals surface area contributed by atoms with Crippen molar-refractivity contribution in [2.45, 2.75) is 19.4 Å². The van der Waals surface area contributed by atoms with Gasteiger partial charge in [0.1, 0.15) is 11.9 Å². The lowest BCUT2D eigenvalue weighted by Gasteiger charge is -2.15. The molecule has 0 amide bonds. The van der Waals surface area contributed by atoms with Crippen LogP contribution in [-0.4, -0.2) is 19.2 Å². The Kier molecular flexibility index (Phi) is 3.82. The highest BCUT2D eigenvalue weighted by molar-refractivity contribution is 5.88. The van der Waals surface area contributed by atoms with Gasteiger partial charge in [-0.25, -0.2) is 0 Å². The summed E-state index contributed by atoms with van der Waals surface area (Å²) in [5, 5.41) is 2.18. The van der Waals surface area contributed by atoms with Gasteiger partial charge in [-0.2, -0.15) is 0 Å². The van der Waals surface area contributed by atoms with Crippen molar-refractivity contribution in [3.8, 4) is 5.75 Å². The van der Waals surface area contributed by atoms with Crippen molar-refractivity contribution >= 4 is 16.7 Å². The maximum Gasteiger partial charge on any atom is 0.309 e. The first-order valence-electron chi connectivity index (χ1n) is 5.92. The summed E-state index contributed by atoms with van der Waals surface area (Å²) in [6.07, 6.45) is 0.0444. The minimum atomic E-state index is -0.261. The number of carbonyl (C=O) groups is 1. The normalized spacial score (nSPS) is 12.1. The topological polar surface area (TPSA) is 35.5 Å². The second kappa shape index (κ2) is 5.54. The highest BCUT2D eigenvalue weighted by Crippen LogP contribution is 2.26. The smallest absolute Gasteiger partial charge is 0.309 e. The van der Waals surface area contributed by atoms with Gasteiger partial charge in [0.2, 0.25) is 0 Å². The van der Waals surface area contributed by atoms with Gasteiger partial charge in [0.15, 0.2) is 0 Å². The summed E-state index contributed by atoms with van der Waals surface area (Å²) in [7, 11) is 1.38. The molecule has 2 aromatic carbocycles. The molecule has 18 heavy (non-hydrogen) atoms. The molecule has 1 unspecified atom stereocenters. The van der Waals surface area contributed by atoms with Crippen LogP contribution in [0.15, 0.2) is 42.5 Å². The highest BCUT2D eigenvalue weighted by atomic mass is 16.5. The quantitative estimate of drug-likeness (QED) is 0.775. The number of hydrogen-bond acceptors (Lipinski definition) is 3. The Labute approximate surface area is 106 Å². The molecular formula is C15H16O3.